The summed E-state index contributed by atoms with van der Waals surface area (Å²) in [6.45, 7) is 0. The maximum absolute atomic E-state index is 11.9. The van der Waals surface area contributed by atoms with Gasteiger partial charge in [0.2, 0.25) is 0 Å². The average Bonchev–Trinajstić information content (AvgIpc) is 2.49. The number of anilines is 2. The highest BCUT2D eigenvalue weighted by molar-refractivity contribution is 7.98. The normalized spacial score (nSPS) is 10.0. The first-order chi connectivity index (χ1) is 10.5. The topological polar surface area (TPSA) is 104 Å². The van der Waals surface area contributed by atoms with Crippen LogP contribution in [0.15, 0.2) is 47.4 Å². The fourth-order valence-corrected chi connectivity index (χ4v) is 2.32. The zero-order valence-corrected chi connectivity index (χ0v) is 12.4. The minimum atomic E-state index is -0.627. The molecule has 0 unspecified atom stereocenters. The summed E-state index contributed by atoms with van der Waals surface area (Å²) in [6, 6.07) is 10.2. The van der Waals surface area contributed by atoms with Crippen LogP contribution < -0.4 is 10.6 Å². The zero-order chi connectivity index (χ0) is 16.1. The number of carbonyl (C=O) groups excluding carboxylic acids is 1. The van der Waals surface area contributed by atoms with Gasteiger partial charge in [0.15, 0.2) is 0 Å². The third kappa shape index (κ3) is 3.67. The standard InChI is InChI=1S/C14H13N3O4S/c1-22-13-5-3-2-4-11(13)16-14(19)15-10-7-6-9(17(20)21)8-12(10)18/h2-8,18H,1H3,(H2,15,16,19). The van der Waals surface area contributed by atoms with Gasteiger partial charge in [-0.25, -0.2) is 4.79 Å². The van der Waals surface area contributed by atoms with Gasteiger partial charge in [0.1, 0.15) is 5.75 Å². The highest BCUT2D eigenvalue weighted by Crippen LogP contribution is 2.29. The van der Waals surface area contributed by atoms with E-state index in [0.717, 1.165) is 11.0 Å². The van der Waals surface area contributed by atoms with Crippen molar-refractivity contribution in [3.05, 3.63) is 52.6 Å². The van der Waals surface area contributed by atoms with E-state index < -0.39 is 11.0 Å². The molecule has 8 heteroatoms. The van der Waals surface area contributed by atoms with E-state index in [1.807, 2.05) is 18.4 Å². The van der Waals surface area contributed by atoms with Crippen molar-refractivity contribution in [2.75, 3.05) is 16.9 Å². The molecule has 0 aliphatic carbocycles. The Kier molecular flexibility index (Phi) is 4.84. The van der Waals surface area contributed by atoms with Crippen LogP contribution in [0.4, 0.5) is 21.9 Å². The van der Waals surface area contributed by atoms with E-state index in [2.05, 4.69) is 10.6 Å². The number of amides is 2. The van der Waals surface area contributed by atoms with E-state index in [1.54, 1.807) is 12.1 Å². The molecular weight excluding hydrogens is 306 g/mol. The summed E-state index contributed by atoms with van der Waals surface area (Å²) in [7, 11) is 0. The molecule has 0 aliphatic heterocycles. The van der Waals surface area contributed by atoms with Gasteiger partial charge in [0.25, 0.3) is 5.69 Å². The first kappa shape index (κ1) is 15.6. The van der Waals surface area contributed by atoms with E-state index in [-0.39, 0.29) is 17.1 Å². The maximum Gasteiger partial charge on any atom is 0.323 e. The molecule has 0 fully saturated rings. The van der Waals surface area contributed by atoms with Gasteiger partial charge in [-0.3, -0.25) is 10.1 Å². The van der Waals surface area contributed by atoms with Crippen molar-refractivity contribution in [3.63, 3.8) is 0 Å². The van der Waals surface area contributed by atoms with Crippen LogP contribution in [0.1, 0.15) is 0 Å². The molecule has 0 bridgehead atoms. The van der Waals surface area contributed by atoms with Crippen molar-refractivity contribution in [1.82, 2.24) is 0 Å². The van der Waals surface area contributed by atoms with Gasteiger partial charge in [0.05, 0.1) is 22.4 Å². The van der Waals surface area contributed by atoms with Crippen molar-refractivity contribution in [2.45, 2.75) is 4.90 Å². The Labute approximate surface area is 130 Å². The van der Waals surface area contributed by atoms with Crippen LogP contribution in [0.25, 0.3) is 0 Å². The summed E-state index contributed by atoms with van der Waals surface area (Å²) in [5.41, 5.74) is 0.467. The number of thioether (sulfide) groups is 1. The highest BCUT2D eigenvalue weighted by atomic mass is 32.2. The molecule has 0 saturated carbocycles. The third-order valence-electron chi connectivity index (χ3n) is 2.80. The Morgan fingerprint density at radius 1 is 1.18 bits per heavy atom. The smallest absolute Gasteiger partial charge is 0.323 e. The lowest BCUT2D eigenvalue weighted by molar-refractivity contribution is -0.384. The van der Waals surface area contributed by atoms with Crippen molar-refractivity contribution in [3.8, 4) is 5.75 Å². The van der Waals surface area contributed by atoms with Gasteiger partial charge in [0, 0.05) is 11.0 Å². The number of hydrogen-bond acceptors (Lipinski definition) is 5. The molecule has 2 amide bonds. The van der Waals surface area contributed by atoms with Crippen LogP contribution in [0, 0.1) is 10.1 Å². The largest absolute Gasteiger partial charge is 0.506 e. The number of hydrogen-bond donors (Lipinski definition) is 3. The van der Waals surface area contributed by atoms with E-state index in [0.29, 0.717) is 5.69 Å². The fraction of sp³-hybridized carbons (Fsp3) is 0.0714. The van der Waals surface area contributed by atoms with E-state index in [4.69, 9.17) is 0 Å². The first-order valence-corrected chi connectivity index (χ1v) is 7.42. The summed E-state index contributed by atoms with van der Waals surface area (Å²) in [5.74, 6) is -0.373. The zero-order valence-electron chi connectivity index (χ0n) is 11.6. The quantitative estimate of drug-likeness (QED) is 0.345. The number of non-ortho nitro benzene ring substituents is 1. The summed E-state index contributed by atoms with van der Waals surface area (Å²) in [5, 5.41) is 25.4. The minimum Gasteiger partial charge on any atom is -0.506 e. The fourth-order valence-electron chi connectivity index (χ4n) is 1.76. The van der Waals surface area contributed by atoms with Gasteiger partial charge in [-0.05, 0) is 24.5 Å². The summed E-state index contributed by atoms with van der Waals surface area (Å²) in [6.07, 6.45) is 1.89. The Hall–Kier alpha value is -2.74. The van der Waals surface area contributed by atoms with Crippen LogP contribution in [0.2, 0.25) is 0 Å². The van der Waals surface area contributed by atoms with Crippen molar-refractivity contribution >= 4 is 34.9 Å². The molecule has 0 aromatic heterocycles. The van der Waals surface area contributed by atoms with Crippen LogP contribution in [0.3, 0.4) is 0 Å². The molecule has 7 nitrogen and oxygen atoms in total. The number of carbonyl (C=O) groups is 1. The third-order valence-corrected chi connectivity index (χ3v) is 3.59. The molecule has 0 aliphatic rings. The van der Waals surface area contributed by atoms with Crippen LogP contribution in [0.5, 0.6) is 5.75 Å². The molecule has 0 spiro atoms. The monoisotopic (exact) mass is 319 g/mol. The second-order valence-electron chi connectivity index (χ2n) is 4.24. The molecule has 0 heterocycles. The second-order valence-corrected chi connectivity index (χ2v) is 5.09. The second kappa shape index (κ2) is 6.81. The van der Waals surface area contributed by atoms with Gasteiger partial charge in [-0.15, -0.1) is 11.8 Å². The summed E-state index contributed by atoms with van der Waals surface area (Å²) < 4.78 is 0. The van der Waals surface area contributed by atoms with Crippen LogP contribution in [-0.4, -0.2) is 22.3 Å². The molecule has 2 aromatic rings. The number of para-hydroxylation sites is 1. The molecule has 22 heavy (non-hydrogen) atoms. The predicted octanol–water partition coefficient (Wildman–Crippen LogP) is 3.67. The van der Waals surface area contributed by atoms with Crippen LogP contribution in [-0.2, 0) is 0 Å². The molecular formula is C14H13N3O4S. The number of nitro groups is 1. The van der Waals surface area contributed by atoms with Gasteiger partial charge < -0.3 is 15.7 Å². The number of nitrogens with zero attached hydrogens (tertiary/aromatic N) is 1. The first-order valence-electron chi connectivity index (χ1n) is 6.19. The number of aromatic hydroxyl groups is 1. The summed E-state index contributed by atoms with van der Waals surface area (Å²) in [4.78, 5) is 22.8. The predicted molar refractivity (Wildman–Crippen MR) is 85.6 cm³/mol. The highest BCUT2D eigenvalue weighted by Gasteiger charge is 2.12. The lowest BCUT2D eigenvalue weighted by Gasteiger charge is -2.11. The van der Waals surface area contributed by atoms with Crippen molar-refractivity contribution in [1.29, 1.82) is 0 Å². The number of benzene rings is 2. The van der Waals surface area contributed by atoms with Crippen molar-refractivity contribution in [2.24, 2.45) is 0 Å². The Morgan fingerprint density at radius 2 is 1.86 bits per heavy atom. The maximum atomic E-state index is 11.9. The summed E-state index contributed by atoms with van der Waals surface area (Å²) >= 11 is 1.49. The van der Waals surface area contributed by atoms with Crippen LogP contribution >= 0.6 is 11.8 Å². The number of phenolic OH excluding ortho intramolecular Hbond substituents is 1. The van der Waals surface area contributed by atoms with Gasteiger partial charge >= 0.3 is 6.03 Å². The van der Waals surface area contributed by atoms with E-state index in [9.17, 15) is 20.0 Å². The SMILES string of the molecule is CSc1ccccc1NC(=O)Nc1ccc([N+](=O)[O-])cc1O. The molecule has 0 saturated heterocycles. The lowest BCUT2D eigenvalue weighted by Crippen LogP contribution is -2.19. The lowest BCUT2D eigenvalue weighted by atomic mass is 10.2. The van der Waals surface area contributed by atoms with Crippen molar-refractivity contribution < 1.29 is 14.8 Å². The Morgan fingerprint density at radius 3 is 2.50 bits per heavy atom. The minimum absolute atomic E-state index is 0.0877. The molecule has 2 rings (SSSR count). The number of urea groups is 1. The Bertz CT molecular complexity index is 721. The van der Waals surface area contributed by atoms with E-state index in [1.165, 1.54) is 23.9 Å². The molecule has 0 radical (unpaired) electrons. The number of rotatable bonds is 4. The average molecular weight is 319 g/mol. The molecule has 2 aromatic carbocycles. The molecule has 0 atom stereocenters. The van der Waals surface area contributed by atoms with Gasteiger partial charge in [-0.1, -0.05) is 12.1 Å². The number of phenols is 1. The molecule has 114 valence electrons. The number of nitrogens with one attached hydrogen (secondary N) is 2. The molecule has 3 N–H and O–H groups in total. The van der Waals surface area contributed by atoms with E-state index >= 15 is 0 Å². The Balaban J connectivity index is 2.11. The van der Waals surface area contributed by atoms with Gasteiger partial charge in [-0.2, -0.15) is 0 Å². The number of nitro benzene ring substituents is 1.